The molecule has 0 saturated carbocycles. The molecule has 1 amide bonds. The molecule has 2 N–H and O–H groups in total. The molecule has 1 aliphatic rings. The van der Waals surface area contributed by atoms with E-state index in [1.54, 1.807) is 6.20 Å². The van der Waals surface area contributed by atoms with Gasteiger partial charge in [0.2, 0.25) is 0 Å². The van der Waals surface area contributed by atoms with E-state index in [4.69, 9.17) is 0 Å². The molecule has 0 unspecified atom stereocenters. The molecule has 0 aliphatic carbocycles. The molecule has 0 fully saturated rings. The lowest BCUT2D eigenvalue weighted by Crippen LogP contribution is -2.43. The Morgan fingerprint density at radius 1 is 1.29 bits per heavy atom. The topological polar surface area (TPSA) is 66.9 Å². The summed E-state index contributed by atoms with van der Waals surface area (Å²) < 4.78 is 0. The van der Waals surface area contributed by atoms with E-state index in [-0.39, 0.29) is 11.3 Å². The Balaban J connectivity index is 1.97. The smallest absolute Gasteiger partial charge is 0.251 e. The van der Waals surface area contributed by atoms with Gasteiger partial charge in [0, 0.05) is 29.4 Å². The van der Waals surface area contributed by atoms with Gasteiger partial charge in [0.25, 0.3) is 5.91 Å². The van der Waals surface area contributed by atoms with Crippen molar-refractivity contribution in [2.24, 2.45) is 0 Å². The van der Waals surface area contributed by atoms with Gasteiger partial charge in [-0.1, -0.05) is 13.8 Å². The van der Waals surface area contributed by atoms with Crippen molar-refractivity contribution in [1.29, 1.82) is 0 Å². The van der Waals surface area contributed by atoms with Gasteiger partial charge in [-0.3, -0.25) is 4.79 Å². The normalized spacial score (nSPS) is 16.0. The maximum Gasteiger partial charge on any atom is 0.251 e. The Morgan fingerprint density at radius 2 is 2.10 bits per heavy atom. The fourth-order valence-electron chi connectivity index (χ4n) is 2.55. The van der Waals surface area contributed by atoms with Crippen molar-refractivity contribution in [3.05, 3.63) is 47.4 Å². The van der Waals surface area contributed by atoms with Gasteiger partial charge in [-0.15, -0.1) is 0 Å². The van der Waals surface area contributed by atoms with E-state index < -0.39 is 0 Å². The number of fused-ring (bicyclic) bond motifs is 1. The molecular weight excluding hydrogens is 264 g/mol. The molecule has 0 atom stereocenters. The molecule has 5 heteroatoms. The Bertz CT molecular complexity index is 709. The number of nitrogens with zero attached hydrogens (tertiary/aromatic N) is 2. The highest BCUT2D eigenvalue weighted by atomic mass is 16.1. The van der Waals surface area contributed by atoms with Crippen LogP contribution in [0.5, 0.6) is 0 Å². The number of hydrogen-bond acceptors (Lipinski definition) is 4. The molecule has 0 saturated heterocycles. The number of aryl methyl sites for hydroxylation is 1. The molecule has 0 spiro atoms. The number of aromatic nitrogens is 2. The van der Waals surface area contributed by atoms with E-state index >= 15 is 0 Å². The Hall–Kier alpha value is -2.43. The quantitative estimate of drug-likeness (QED) is 0.888. The fourth-order valence-corrected chi connectivity index (χ4v) is 2.55. The molecule has 2 aromatic rings. The van der Waals surface area contributed by atoms with Crippen molar-refractivity contribution < 1.29 is 4.79 Å². The van der Waals surface area contributed by atoms with Gasteiger partial charge >= 0.3 is 0 Å². The van der Waals surface area contributed by atoms with Crippen molar-refractivity contribution in [3.8, 4) is 0 Å². The van der Waals surface area contributed by atoms with Crippen molar-refractivity contribution in [2.45, 2.75) is 26.2 Å². The summed E-state index contributed by atoms with van der Waals surface area (Å²) in [6.07, 6.45) is 1.72. The van der Waals surface area contributed by atoms with Crippen LogP contribution in [0.3, 0.4) is 0 Å². The summed E-state index contributed by atoms with van der Waals surface area (Å²) in [7, 11) is 0. The number of carbonyl (C=O) groups is 1. The Kier molecular flexibility index (Phi) is 3.12. The Morgan fingerprint density at radius 3 is 2.86 bits per heavy atom. The predicted octanol–water partition coefficient (Wildman–Crippen LogP) is 2.55. The number of carbonyl (C=O) groups excluding carboxylic acids is 1. The first-order valence-corrected chi connectivity index (χ1v) is 6.95. The summed E-state index contributed by atoms with van der Waals surface area (Å²) in [5.41, 5.74) is 2.65. The second-order valence-corrected chi connectivity index (χ2v) is 5.94. The molecule has 2 heterocycles. The van der Waals surface area contributed by atoms with Crippen LogP contribution in [0, 0.1) is 6.92 Å². The first-order chi connectivity index (χ1) is 9.95. The molecule has 3 rings (SSSR count). The monoisotopic (exact) mass is 282 g/mol. The van der Waals surface area contributed by atoms with Gasteiger partial charge in [0.05, 0.1) is 0 Å². The molecule has 0 radical (unpaired) electrons. The summed E-state index contributed by atoms with van der Waals surface area (Å²) >= 11 is 0. The second-order valence-electron chi connectivity index (χ2n) is 5.94. The second kappa shape index (κ2) is 4.84. The highest BCUT2D eigenvalue weighted by Gasteiger charge is 2.31. The average Bonchev–Trinajstić information content (AvgIpc) is 2.44. The maximum absolute atomic E-state index is 11.9. The van der Waals surface area contributed by atoms with E-state index in [0.717, 1.165) is 28.5 Å². The number of amides is 1. The lowest BCUT2D eigenvalue weighted by Gasteiger charge is -2.32. The van der Waals surface area contributed by atoms with Crippen LogP contribution in [0.2, 0.25) is 0 Å². The average molecular weight is 282 g/mol. The summed E-state index contributed by atoms with van der Waals surface area (Å²) in [5, 5.41) is 6.19. The van der Waals surface area contributed by atoms with Gasteiger partial charge in [0.1, 0.15) is 11.6 Å². The van der Waals surface area contributed by atoms with Gasteiger partial charge in [-0.2, -0.15) is 0 Å². The molecule has 1 aromatic carbocycles. The lowest BCUT2D eigenvalue weighted by atomic mass is 9.79. The number of rotatable bonds is 2. The van der Waals surface area contributed by atoms with Crippen LogP contribution in [-0.4, -0.2) is 22.4 Å². The van der Waals surface area contributed by atoms with E-state index in [1.807, 2.05) is 31.2 Å². The first-order valence-electron chi connectivity index (χ1n) is 6.95. The minimum atomic E-state index is -0.0808. The van der Waals surface area contributed by atoms with Gasteiger partial charge in [-0.25, -0.2) is 9.97 Å². The van der Waals surface area contributed by atoms with E-state index in [9.17, 15) is 4.79 Å². The number of hydrogen-bond donors (Lipinski definition) is 2. The van der Waals surface area contributed by atoms with Gasteiger partial charge < -0.3 is 10.6 Å². The zero-order valence-electron chi connectivity index (χ0n) is 12.4. The summed E-state index contributed by atoms with van der Waals surface area (Å²) in [6.45, 7) is 6.76. The van der Waals surface area contributed by atoms with Crippen LogP contribution in [0.25, 0.3) is 0 Å². The molecule has 108 valence electrons. The van der Waals surface area contributed by atoms with Gasteiger partial charge in [0.15, 0.2) is 0 Å². The molecule has 1 aromatic heterocycles. The van der Waals surface area contributed by atoms with Crippen LogP contribution in [-0.2, 0) is 5.41 Å². The SMILES string of the molecule is Cc1nccc(Nc2ccc3c(c2)C(C)(C)CNC3=O)n1. The van der Waals surface area contributed by atoms with Crippen molar-refractivity contribution in [1.82, 2.24) is 15.3 Å². The third-order valence-corrected chi connectivity index (χ3v) is 3.73. The third kappa shape index (κ3) is 2.59. The molecule has 21 heavy (non-hydrogen) atoms. The van der Waals surface area contributed by atoms with Crippen molar-refractivity contribution >= 4 is 17.4 Å². The Labute approximate surface area is 123 Å². The van der Waals surface area contributed by atoms with Crippen molar-refractivity contribution in [3.63, 3.8) is 0 Å². The van der Waals surface area contributed by atoms with E-state index in [0.29, 0.717) is 6.54 Å². The molecule has 1 aliphatic heterocycles. The van der Waals surface area contributed by atoms with Gasteiger partial charge in [-0.05, 0) is 36.8 Å². The number of anilines is 2. The summed E-state index contributed by atoms with van der Waals surface area (Å²) in [5.74, 6) is 1.46. The lowest BCUT2D eigenvalue weighted by molar-refractivity contribution is 0.0930. The largest absolute Gasteiger partial charge is 0.351 e. The van der Waals surface area contributed by atoms with Crippen LogP contribution in [0.4, 0.5) is 11.5 Å². The molecule has 0 bridgehead atoms. The number of nitrogens with one attached hydrogen (secondary N) is 2. The summed E-state index contributed by atoms with van der Waals surface area (Å²) in [6, 6.07) is 7.62. The highest BCUT2D eigenvalue weighted by molar-refractivity contribution is 5.98. The van der Waals surface area contributed by atoms with Crippen molar-refractivity contribution in [2.75, 3.05) is 11.9 Å². The van der Waals surface area contributed by atoms with Crippen LogP contribution in [0.15, 0.2) is 30.5 Å². The standard InChI is InChI=1S/C16H18N4O/c1-10-17-7-6-14(19-10)20-11-4-5-12-13(8-11)16(2,3)9-18-15(12)21/h4-8H,9H2,1-3H3,(H,18,21)(H,17,19,20). The highest BCUT2D eigenvalue weighted by Crippen LogP contribution is 2.32. The minimum absolute atomic E-state index is 0.00578. The van der Waals surface area contributed by atoms with Crippen LogP contribution in [0.1, 0.15) is 35.6 Å². The minimum Gasteiger partial charge on any atom is -0.351 e. The zero-order valence-corrected chi connectivity index (χ0v) is 12.4. The molecule has 5 nitrogen and oxygen atoms in total. The van der Waals surface area contributed by atoms with E-state index in [1.165, 1.54) is 0 Å². The summed E-state index contributed by atoms with van der Waals surface area (Å²) in [4.78, 5) is 20.3. The number of benzene rings is 1. The third-order valence-electron chi connectivity index (χ3n) is 3.73. The predicted molar refractivity (Wildman–Crippen MR) is 81.9 cm³/mol. The van der Waals surface area contributed by atoms with Crippen LogP contribution < -0.4 is 10.6 Å². The maximum atomic E-state index is 11.9. The fraction of sp³-hybridized carbons (Fsp3) is 0.312. The first kappa shape index (κ1) is 13.5. The molecular formula is C16H18N4O. The zero-order chi connectivity index (χ0) is 15.0. The van der Waals surface area contributed by atoms with Crippen LogP contribution >= 0.6 is 0 Å². The van der Waals surface area contributed by atoms with E-state index in [2.05, 4.69) is 34.4 Å².